The molecule has 2 aliphatic carbocycles. The van der Waals surface area contributed by atoms with E-state index in [0.29, 0.717) is 37.7 Å². The van der Waals surface area contributed by atoms with Crippen LogP contribution in [-0.2, 0) is 28.9 Å². The minimum atomic E-state index is -4.70. The van der Waals surface area contributed by atoms with Crippen LogP contribution in [0.25, 0.3) is 0 Å². The molecule has 198 valence electrons. The highest BCUT2D eigenvalue weighted by Crippen LogP contribution is 2.63. The average Bonchev–Trinajstić information content (AvgIpc) is 3.19. The Hall–Kier alpha value is -1.44. The number of carbonyl (C=O) groups excluding carboxylic acids is 1. The second-order valence-corrected chi connectivity index (χ2v) is 12.6. The van der Waals surface area contributed by atoms with Crippen molar-refractivity contribution < 1.29 is 41.7 Å². The van der Waals surface area contributed by atoms with E-state index in [1.54, 1.807) is 13.0 Å². The first-order valence-corrected chi connectivity index (χ1v) is 14.1. The summed E-state index contributed by atoms with van der Waals surface area (Å²) in [5.74, 6) is -1.67. The second-order valence-electron chi connectivity index (χ2n) is 10.3. The van der Waals surface area contributed by atoms with E-state index in [4.69, 9.17) is 14.7 Å². The third-order valence-electron chi connectivity index (χ3n) is 8.24. The molecule has 2 saturated carbocycles. The van der Waals surface area contributed by atoms with Gasteiger partial charge in [-0.05, 0) is 55.4 Å². The Morgan fingerprint density at radius 1 is 1.40 bits per heavy atom. The van der Waals surface area contributed by atoms with Gasteiger partial charge in [-0.3, -0.25) is 9.35 Å². The van der Waals surface area contributed by atoms with Crippen molar-refractivity contribution in [1.82, 2.24) is 0 Å². The molecule has 12 heteroatoms. The van der Waals surface area contributed by atoms with Crippen LogP contribution in [0.2, 0.25) is 0 Å². The number of aliphatic hydroxyl groups is 1. The Morgan fingerprint density at radius 2 is 2.09 bits per heavy atom. The molecule has 10 nitrogen and oxygen atoms in total. The predicted molar refractivity (Wildman–Crippen MR) is 130 cm³/mol. The number of cyclic esters (lactones) is 1. The number of hydrogen-bond acceptors (Lipinski definition) is 9. The van der Waals surface area contributed by atoms with Crippen LogP contribution >= 0.6 is 11.8 Å². The van der Waals surface area contributed by atoms with E-state index in [0.717, 1.165) is 5.57 Å². The summed E-state index contributed by atoms with van der Waals surface area (Å²) in [4.78, 5) is 23.7. The summed E-state index contributed by atoms with van der Waals surface area (Å²) in [7, 11) is -4.70. The summed E-state index contributed by atoms with van der Waals surface area (Å²) >= 11 is 1.30. The fourth-order valence-electron chi connectivity index (χ4n) is 6.35. The SMILES string of the molecule is C=C1CCC2[C@](C)(CO)[C@H](OS(=O)(=O)O)CC[C@@]2(C)[C@@H]1CC(SC[C@@H](N)C(=O)O)C1=CCOC1=O. The zero-order chi connectivity index (χ0) is 26.2. The molecule has 1 heterocycles. The maximum absolute atomic E-state index is 12.4. The van der Waals surface area contributed by atoms with E-state index in [9.17, 15) is 32.8 Å². The first-order valence-electron chi connectivity index (χ1n) is 11.6. The number of hydrogen-bond donors (Lipinski definition) is 4. The Morgan fingerprint density at radius 3 is 2.63 bits per heavy atom. The lowest BCUT2D eigenvalue weighted by Crippen LogP contribution is -2.58. The van der Waals surface area contributed by atoms with E-state index in [1.165, 1.54) is 11.8 Å². The highest BCUT2D eigenvalue weighted by molar-refractivity contribution is 8.00. The summed E-state index contributed by atoms with van der Waals surface area (Å²) in [6.45, 7) is 8.03. The maximum atomic E-state index is 12.4. The molecule has 0 spiro atoms. The fourth-order valence-corrected chi connectivity index (χ4v) is 8.24. The Balaban J connectivity index is 1.91. The van der Waals surface area contributed by atoms with Crippen LogP contribution in [0, 0.1) is 22.7 Å². The Labute approximate surface area is 210 Å². The number of carboxylic acids is 1. The number of ether oxygens (including phenoxy) is 1. The number of carbonyl (C=O) groups is 2. The maximum Gasteiger partial charge on any atom is 0.397 e. The van der Waals surface area contributed by atoms with Crippen molar-refractivity contribution in [1.29, 1.82) is 0 Å². The number of aliphatic carboxylic acids is 1. The average molecular weight is 534 g/mol. The smallest absolute Gasteiger partial charge is 0.397 e. The van der Waals surface area contributed by atoms with Crippen LogP contribution in [-0.4, -0.2) is 71.5 Å². The minimum absolute atomic E-state index is 0.0911. The lowest BCUT2D eigenvalue weighted by molar-refractivity contribution is -0.144. The molecule has 5 N–H and O–H groups in total. The molecule has 0 radical (unpaired) electrons. The summed E-state index contributed by atoms with van der Waals surface area (Å²) in [5, 5.41) is 19.2. The van der Waals surface area contributed by atoms with E-state index in [2.05, 4.69) is 13.5 Å². The molecule has 0 amide bonds. The van der Waals surface area contributed by atoms with Gasteiger partial charge in [0.25, 0.3) is 0 Å². The lowest BCUT2D eigenvalue weighted by Gasteiger charge is -2.60. The number of aliphatic hydroxyl groups excluding tert-OH is 1. The molecule has 7 atom stereocenters. The van der Waals surface area contributed by atoms with Gasteiger partial charge < -0.3 is 20.7 Å². The second kappa shape index (κ2) is 10.5. The molecule has 1 aliphatic heterocycles. The quantitative estimate of drug-likeness (QED) is 0.183. The van der Waals surface area contributed by atoms with Gasteiger partial charge in [-0.15, -0.1) is 0 Å². The van der Waals surface area contributed by atoms with Crippen LogP contribution in [0.1, 0.15) is 46.0 Å². The summed E-state index contributed by atoms with van der Waals surface area (Å²) in [5.41, 5.74) is 5.88. The molecule has 0 aromatic heterocycles. The Bertz CT molecular complexity index is 997. The third kappa shape index (κ3) is 5.78. The number of esters is 1. The number of nitrogens with two attached hydrogens (primary N) is 1. The van der Waals surface area contributed by atoms with E-state index in [1.807, 2.05) is 0 Å². The third-order valence-corrected chi connectivity index (χ3v) is 10.1. The molecule has 2 fully saturated rings. The lowest BCUT2D eigenvalue weighted by atomic mass is 9.46. The van der Waals surface area contributed by atoms with Gasteiger partial charge in [0.1, 0.15) is 12.6 Å². The fraction of sp³-hybridized carbons (Fsp3) is 0.739. The van der Waals surface area contributed by atoms with Gasteiger partial charge in [-0.25, -0.2) is 8.98 Å². The molecule has 3 rings (SSSR count). The topological polar surface area (TPSA) is 173 Å². The number of rotatable bonds is 10. The Kier molecular flexibility index (Phi) is 8.45. The largest absolute Gasteiger partial charge is 0.480 e. The highest BCUT2D eigenvalue weighted by atomic mass is 32.3. The number of carboxylic acid groups (broad SMARTS) is 1. The van der Waals surface area contributed by atoms with Crippen molar-refractivity contribution in [3.8, 4) is 0 Å². The predicted octanol–water partition coefficient (Wildman–Crippen LogP) is 1.94. The zero-order valence-electron chi connectivity index (χ0n) is 20.0. The van der Waals surface area contributed by atoms with Crippen molar-refractivity contribution in [2.24, 2.45) is 28.4 Å². The molecular formula is C23H35NO9S2. The monoisotopic (exact) mass is 533 g/mol. The van der Waals surface area contributed by atoms with Gasteiger partial charge in [0.15, 0.2) is 0 Å². The van der Waals surface area contributed by atoms with Crippen molar-refractivity contribution in [3.05, 3.63) is 23.8 Å². The number of thioether (sulfide) groups is 1. The van der Waals surface area contributed by atoms with Crippen LogP contribution in [0.15, 0.2) is 23.8 Å². The summed E-state index contributed by atoms with van der Waals surface area (Å²) in [6, 6.07) is -1.08. The van der Waals surface area contributed by atoms with Gasteiger partial charge in [-0.2, -0.15) is 20.2 Å². The van der Waals surface area contributed by atoms with E-state index in [-0.39, 0.29) is 36.1 Å². The van der Waals surface area contributed by atoms with E-state index < -0.39 is 45.3 Å². The minimum Gasteiger partial charge on any atom is -0.480 e. The molecule has 35 heavy (non-hydrogen) atoms. The molecule has 3 aliphatic rings. The van der Waals surface area contributed by atoms with Crippen LogP contribution < -0.4 is 5.73 Å². The van der Waals surface area contributed by atoms with Crippen LogP contribution in [0.3, 0.4) is 0 Å². The van der Waals surface area contributed by atoms with Gasteiger partial charge in [0, 0.05) is 22.0 Å². The molecule has 0 aromatic carbocycles. The van der Waals surface area contributed by atoms with Gasteiger partial charge in [-0.1, -0.05) is 26.0 Å². The number of fused-ring (bicyclic) bond motifs is 1. The van der Waals surface area contributed by atoms with Crippen LogP contribution in [0.5, 0.6) is 0 Å². The molecular weight excluding hydrogens is 498 g/mol. The summed E-state index contributed by atoms with van der Waals surface area (Å²) < 4.78 is 42.4. The highest BCUT2D eigenvalue weighted by Gasteiger charge is 2.59. The molecule has 2 unspecified atom stereocenters. The number of allylic oxidation sites excluding steroid dienone is 1. The first kappa shape index (κ1) is 28.1. The zero-order valence-corrected chi connectivity index (χ0v) is 21.6. The van der Waals surface area contributed by atoms with Gasteiger partial charge >= 0.3 is 22.3 Å². The molecule has 0 saturated heterocycles. The normalized spacial score (nSPS) is 35.1. The van der Waals surface area contributed by atoms with Crippen molar-refractivity contribution in [2.45, 2.75) is 63.3 Å². The first-order chi connectivity index (χ1) is 16.2. The van der Waals surface area contributed by atoms with Crippen molar-refractivity contribution >= 4 is 34.1 Å². The van der Waals surface area contributed by atoms with Crippen LogP contribution in [0.4, 0.5) is 0 Å². The van der Waals surface area contributed by atoms with Crippen molar-refractivity contribution in [2.75, 3.05) is 19.0 Å². The standard InChI is InChI=1S/C23H35NO9S2/c1-13-4-5-18-22(2,8-6-19(23(18,3)12-25)33-35(29,30)31)15(13)10-17(14-7-9-32-21(14)28)34-11-16(24)20(26)27/h7,15-19,25H,1,4-6,8-12,24H2,2-3H3,(H,26,27)(H,29,30,31)/t15-,16-,17?,18?,19-,22+,23+/m1/s1. The van der Waals surface area contributed by atoms with Gasteiger partial charge in [0.2, 0.25) is 0 Å². The van der Waals surface area contributed by atoms with Gasteiger partial charge in [0.05, 0.1) is 12.7 Å². The summed E-state index contributed by atoms with van der Waals surface area (Å²) in [6.07, 6.45) is 3.52. The molecule has 0 bridgehead atoms. The van der Waals surface area contributed by atoms with Crippen molar-refractivity contribution in [3.63, 3.8) is 0 Å². The van der Waals surface area contributed by atoms with E-state index >= 15 is 0 Å². The molecule has 0 aromatic rings.